The van der Waals surface area contributed by atoms with Gasteiger partial charge in [-0.25, -0.2) is 0 Å². The van der Waals surface area contributed by atoms with Gasteiger partial charge in [-0.15, -0.1) is 12.4 Å². The minimum Gasteiger partial charge on any atom is -0.385 e. The molecule has 0 radical (unpaired) electrons. The predicted molar refractivity (Wildman–Crippen MR) is 81.3 cm³/mol. The molecular weight excluding hydrogens is 292 g/mol. The van der Waals surface area contributed by atoms with Gasteiger partial charge in [0.05, 0.1) is 6.04 Å². The third kappa shape index (κ3) is 3.34. The first-order chi connectivity index (χ1) is 9.78. The van der Waals surface area contributed by atoms with Crippen molar-refractivity contribution in [2.24, 2.45) is 5.73 Å². The van der Waals surface area contributed by atoms with Crippen molar-refractivity contribution in [1.29, 1.82) is 0 Å². The summed E-state index contributed by atoms with van der Waals surface area (Å²) in [5.74, 6) is 1.07. The molecule has 0 fully saturated rings. The summed E-state index contributed by atoms with van der Waals surface area (Å²) in [4.78, 5) is 6.48. The van der Waals surface area contributed by atoms with Crippen LogP contribution in [0.15, 0.2) is 28.8 Å². The third-order valence-corrected chi connectivity index (χ3v) is 3.50. The summed E-state index contributed by atoms with van der Waals surface area (Å²) < 4.78 is 10.3. The van der Waals surface area contributed by atoms with Gasteiger partial charge in [-0.3, -0.25) is 0 Å². The molecule has 1 atom stereocenters. The van der Waals surface area contributed by atoms with Crippen LogP contribution in [-0.2, 0) is 17.8 Å². The van der Waals surface area contributed by atoms with E-state index in [0.29, 0.717) is 24.9 Å². The number of hydrogen-bond donors (Lipinski definition) is 1. The maximum Gasteiger partial charge on any atom is 0.266 e. The molecule has 0 saturated heterocycles. The number of aromatic nitrogens is 2. The quantitative estimate of drug-likeness (QED) is 0.910. The van der Waals surface area contributed by atoms with Crippen LogP contribution < -0.4 is 10.6 Å². The average Bonchev–Trinajstić information content (AvgIpc) is 3.10. The Morgan fingerprint density at radius 1 is 1.33 bits per heavy atom. The van der Waals surface area contributed by atoms with Gasteiger partial charge < -0.3 is 19.9 Å². The SMILES string of the molecule is COCCC(N)c1nc(N2Cc3ccccc3C2)no1.Cl. The number of anilines is 1. The molecular formula is C14H19ClN4O2. The number of fused-ring (bicyclic) bond motifs is 1. The first-order valence-electron chi connectivity index (χ1n) is 6.68. The number of rotatable bonds is 5. The highest BCUT2D eigenvalue weighted by atomic mass is 35.5. The zero-order valence-corrected chi connectivity index (χ0v) is 12.7. The number of benzene rings is 1. The van der Waals surface area contributed by atoms with Crippen molar-refractivity contribution in [3.8, 4) is 0 Å². The smallest absolute Gasteiger partial charge is 0.266 e. The van der Waals surface area contributed by atoms with Gasteiger partial charge in [0.15, 0.2) is 0 Å². The molecule has 2 aromatic rings. The number of ether oxygens (including phenoxy) is 1. The van der Waals surface area contributed by atoms with Gasteiger partial charge in [0, 0.05) is 26.8 Å². The minimum atomic E-state index is -0.277. The van der Waals surface area contributed by atoms with Crippen molar-refractivity contribution < 1.29 is 9.26 Å². The lowest BCUT2D eigenvalue weighted by molar-refractivity contribution is 0.182. The normalized spacial score (nSPS) is 14.7. The van der Waals surface area contributed by atoms with Crippen molar-refractivity contribution in [3.63, 3.8) is 0 Å². The lowest BCUT2D eigenvalue weighted by Crippen LogP contribution is -2.17. The van der Waals surface area contributed by atoms with Crippen LogP contribution >= 0.6 is 12.4 Å². The zero-order chi connectivity index (χ0) is 13.9. The Kier molecular flexibility index (Phi) is 5.17. The lowest BCUT2D eigenvalue weighted by atomic mass is 10.1. The molecule has 3 rings (SSSR count). The molecule has 1 aromatic heterocycles. The fraction of sp³-hybridized carbons (Fsp3) is 0.429. The van der Waals surface area contributed by atoms with Crippen LogP contribution in [0.25, 0.3) is 0 Å². The first-order valence-corrected chi connectivity index (χ1v) is 6.68. The van der Waals surface area contributed by atoms with Crippen molar-refractivity contribution in [2.45, 2.75) is 25.6 Å². The monoisotopic (exact) mass is 310 g/mol. The molecule has 2 heterocycles. The molecule has 0 aliphatic carbocycles. The molecule has 1 unspecified atom stereocenters. The Balaban J connectivity index is 0.00000161. The van der Waals surface area contributed by atoms with Crippen LogP contribution in [0.2, 0.25) is 0 Å². The van der Waals surface area contributed by atoms with Gasteiger partial charge >= 0.3 is 0 Å². The summed E-state index contributed by atoms with van der Waals surface area (Å²) in [6, 6.07) is 8.07. The number of methoxy groups -OCH3 is 1. The molecule has 114 valence electrons. The van der Waals surface area contributed by atoms with Crippen LogP contribution in [0.1, 0.15) is 29.5 Å². The Labute approximate surface area is 129 Å². The van der Waals surface area contributed by atoms with Gasteiger partial charge in [-0.1, -0.05) is 24.3 Å². The molecule has 1 aliphatic rings. The van der Waals surface area contributed by atoms with E-state index in [1.807, 2.05) is 12.1 Å². The largest absolute Gasteiger partial charge is 0.385 e. The number of nitrogens with zero attached hydrogens (tertiary/aromatic N) is 3. The summed E-state index contributed by atoms with van der Waals surface area (Å²) in [6.07, 6.45) is 0.665. The maximum absolute atomic E-state index is 5.98. The van der Waals surface area contributed by atoms with Gasteiger partial charge in [0.1, 0.15) is 0 Å². The molecule has 7 heteroatoms. The van der Waals surface area contributed by atoms with E-state index < -0.39 is 0 Å². The molecule has 0 bridgehead atoms. The lowest BCUT2D eigenvalue weighted by Gasteiger charge is -2.10. The summed E-state index contributed by atoms with van der Waals surface area (Å²) in [7, 11) is 1.65. The maximum atomic E-state index is 5.98. The Morgan fingerprint density at radius 2 is 2.00 bits per heavy atom. The second-order valence-corrected chi connectivity index (χ2v) is 4.95. The molecule has 0 amide bonds. The molecule has 1 aromatic carbocycles. The van der Waals surface area contributed by atoms with E-state index in [2.05, 4.69) is 27.2 Å². The first kappa shape index (κ1) is 15.8. The van der Waals surface area contributed by atoms with E-state index in [-0.39, 0.29) is 18.4 Å². The number of nitrogens with two attached hydrogens (primary N) is 1. The van der Waals surface area contributed by atoms with E-state index in [0.717, 1.165) is 13.1 Å². The van der Waals surface area contributed by atoms with Crippen molar-refractivity contribution in [3.05, 3.63) is 41.3 Å². The summed E-state index contributed by atoms with van der Waals surface area (Å²) in [6.45, 7) is 2.19. The van der Waals surface area contributed by atoms with Crippen molar-refractivity contribution >= 4 is 18.4 Å². The molecule has 0 saturated carbocycles. The van der Waals surface area contributed by atoms with Crippen molar-refractivity contribution in [2.75, 3.05) is 18.6 Å². The Hall–Kier alpha value is -1.63. The van der Waals surface area contributed by atoms with Crippen LogP contribution in [0.4, 0.5) is 5.95 Å². The van der Waals surface area contributed by atoms with Crippen LogP contribution in [0.3, 0.4) is 0 Å². The summed E-state index contributed by atoms with van der Waals surface area (Å²) in [5, 5.41) is 4.03. The van der Waals surface area contributed by atoms with Gasteiger partial charge in [0.25, 0.3) is 5.95 Å². The second-order valence-electron chi connectivity index (χ2n) is 4.95. The van der Waals surface area contributed by atoms with E-state index in [9.17, 15) is 0 Å². The predicted octanol–water partition coefficient (Wildman–Crippen LogP) is 2.05. The van der Waals surface area contributed by atoms with Crippen LogP contribution in [0, 0.1) is 0 Å². The van der Waals surface area contributed by atoms with E-state index in [1.54, 1.807) is 7.11 Å². The average molecular weight is 311 g/mol. The van der Waals surface area contributed by atoms with E-state index in [4.69, 9.17) is 15.0 Å². The van der Waals surface area contributed by atoms with E-state index >= 15 is 0 Å². The second kappa shape index (κ2) is 6.89. The number of halogens is 1. The molecule has 2 N–H and O–H groups in total. The summed E-state index contributed by atoms with van der Waals surface area (Å²) in [5.41, 5.74) is 8.60. The zero-order valence-electron chi connectivity index (χ0n) is 11.9. The van der Waals surface area contributed by atoms with Gasteiger partial charge in [-0.2, -0.15) is 4.98 Å². The summed E-state index contributed by atoms with van der Waals surface area (Å²) >= 11 is 0. The highest BCUT2D eigenvalue weighted by Gasteiger charge is 2.24. The van der Waals surface area contributed by atoms with E-state index in [1.165, 1.54) is 11.1 Å². The van der Waals surface area contributed by atoms with Crippen LogP contribution in [0.5, 0.6) is 0 Å². The Morgan fingerprint density at radius 3 is 2.62 bits per heavy atom. The third-order valence-electron chi connectivity index (χ3n) is 3.50. The standard InChI is InChI=1S/C14H18N4O2.ClH/c1-19-7-6-12(15)13-16-14(17-20-13)18-8-10-4-2-3-5-11(10)9-18;/h2-5,12H,6-9,15H2,1H3;1H. The van der Waals surface area contributed by atoms with Crippen molar-refractivity contribution in [1.82, 2.24) is 10.1 Å². The molecule has 6 nitrogen and oxygen atoms in total. The van der Waals surface area contributed by atoms with Gasteiger partial charge in [-0.05, 0) is 22.7 Å². The molecule has 1 aliphatic heterocycles. The molecule has 21 heavy (non-hydrogen) atoms. The highest BCUT2D eigenvalue weighted by molar-refractivity contribution is 5.85. The number of hydrogen-bond acceptors (Lipinski definition) is 6. The van der Waals surface area contributed by atoms with Gasteiger partial charge in [0.2, 0.25) is 5.89 Å². The fourth-order valence-electron chi connectivity index (χ4n) is 2.35. The molecule has 0 spiro atoms. The fourth-order valence-corrected chi connectivity index (χ4v) is 2.35. The Bertz CT molecular complexity index is 565. The highest BCUT2D eigenvalue weighted by Crippen LogP contribution is 2.26. The topological polar surface area (TPSA) is 77.4 Å². The minimum absolute atomic E-state index is 0. The van der Waals surface area contributed by atoms with Crippen LogP contribution in [-0.4, -0.2) is 23.9 Å².